The molecule has 0 atom stereocenters. The van der Waals surface area contributed by atoms with Crippen LogP contribution in [0.4, 0.5) is 10.6 Å². The van der Waals surface area contributed by atoms with Crippen LogP contribution in [0.15, 0.2) is 11.4 Å². The molecule has 1 aromatic heterocycles. The van der Waals surface area contributed by atoms with Crippen LogP contribution in [-0.4, -0.2) is 30.5 Å². The third-order valence-electron chi connectivity index (χ3n) is 2.21. The van der Waals surface area contributed by atoms with Gasteiger partial charge in [-0.3, -0.25) is 0 Å². The van der Waals surface area contributed by atoms with Gasteiger partial charge in [-0.1, -0.05) is 13.3 Å². The fourth-order valence-corrected chi connectivity index (χ4v) is 2.52. The number of sulfonamides is 1. The van der Waals surface area contributed by atoms with Gasteiger partial charge >= 0.3 is 6.03 Å². The largest absolute Gasteiger partial charge is 0.381 e. The van der Waals surface area contributed by atoms with Gasteiger partial charge in [0.15, 0.2) is 10.8 Å². The molecule has 18 heavy (non-hydrogen) atoms. The van der Waals surface area contributed by atoms with Gasteiger partial charge in [0.05, 0.1) is 6.33 Å². The minimum absolute atomic E-state index is 0.147. The summed E-state index contributed by atoms with van der Waals surface area (Å²) in [6.45, 7) is 2.38. The van der Waals surface area contributed by atoms with Crippen LogP contribution in [0, 0.1) is 0 Å². The Labute approximate surface area is 106 Å². The summed E-state index contributed by atoms with van der Waals surface area (Å²) in [5, 5.41) is 2.21. The van der Waals surface area contributed by atoms with Crippen LogP contribution in [0.3, 0.4) is 0 Å². The molecule has 8 nitrogen and oxygen atoms in total. The molecule has 9 heteroatoms. The van der Waals surface area contributed by atoms with Crippen LogP contribution < -0.4 is 15.8 Å². The lowest BCUT2D eigenvalue weighted by molar-refractivity contribution is 0.245. The van der Waals surface area contributed by atoms with E-state index in [1.165, 1.54) is 17.9 Å². The number of anilines is 1. The smallest absolute Gasteiger partial charge is 0.328 e. The standard InChI is InChI=1S/C9H17N5O3S/c1-3-4-5-11-9(15)13-18(16,17)8-7(10)12-6-14(8)2/h6H,3-5,10H2,1-2H3,(H2,11,13,15). The first-order valence-corrected chi connectivity index (χ1v) is 6.94. The Balaban J connectivity index is 2.74. The number of hydrogen-bond donors (Lipinski definition) is 3. The zero-order valence-corrected chi connectivity index (χ0v) is 11.1. The molecule has 0 aliphatic heterocycles. The van der Waals surface area contributed by atoms with Crippen molar-refractivity contribution >= 4 is 21.9 Å². The molecule has 1 heterocycles. The fourth-order valence-electron chi connectivity index (χ4n) is 1.35. The van der Waals surface area contributed by atoms with Crippen molar-refractivity contribution in [3.63, 3.8) is 0 Å². The summed E-state index contributed by atoms with van der Waals surface area (Å²) >= 11 is 0. The molecule has 0 radical (unpaired) electrons. The molecule has 0 spiro atoms. The second-order valence-electron chi connectivity index (χ2n) is 3.76. The van der Waals surface area contributed by atoms with Crippen LogP contribution in [0.25, 0.3) is 0 Å². The normalized spacial score (nSPS) is 11.2. The van der Waals surface area contributed by atoms with E-state index in [2.05, 4.69) is 10.3 Å². The number of urea groups is 1. The summed E-state index contributed by atoms with van der Waals surface area (Å²) in [6.07, 6.45) is 2.95. The van der Waals surface area contributed by atoms with Crippen molar-refractivity contribution in [1.29, 1.82) is 0 Å². The Bertz CT molecular complexity index is 503. The van der Waals surface area contributed by atoms with Crippen molar-refractivity contribution in [2.75, 3.05) is 12.3 Å². The molecule has 0 aliphatic rings. The van der Waals surface area contributed by atoms with Crippen LogP contribution >= 0.6 is 0 Å². The van der Waals surface area contributed by atoms with Crippen molar-refractivity contribution < 1.29 is 13.2 Å². The first-order valence-electron chi connectivity index (χ1n) is 5.46. The number of hydrogen-bond acceptors (Lipinski definition) is 5. The lowest BCUT2D eigenvalue weighted by atomic mass is 10.3. The van der Waals surface area contributed by atoms with E-state index in [9.17, 15) is 13.2 Å². The maximum Gasteiger partial charge on any atom is 0.328 e. The Morgan fingerprint density at radius 1 is 1.56 bits per heavy atom. The summed E-state index contributed by atoms with van der Waals surface area (Å²) in [5.74, 6) is -0.147. The topological polar surface area (TPSA) is 119 Å². The van der Waals surface area contributed by atoms with E-state index in [1.54, 1.807) is 0 Å². The minimum Gasteiger partial charge on any atom is -0.381 e. The molecule has 0 bridgehead atoms. The number of amides is 2. The van der Waals surface area contributed by atoms with Gasteiger partial charge in [0.2, 0.25) is 0 Å². The van der Waals surface area contributed by atoms with E-state index < -0.39 is 16.1 Å². The Hall–Kier alpha value is -1.77. The fraction of sp³-hybridized carbons (Fsp3) is 0.556. The van der Waals surface area contributed by atoms with Crippen molar-refractivity contribution in [2.45, 2.75) is 24.8 Å². The zero-order chi connectivity index (χ0) is 13.8. The molecule has 0 saturated heterocycles. The van der Waals surface area contributed by atoms with E-state index in [0.29, 0.717) is 6.54 Å². The first-order chi connectivity index (χ1) is 8.38. The average Bonchev–Trinajstić information content (AvgIpc) is 2.58. The molecular weight excluding hydrogens is 258 g/mol. The van der Waals surface area contributed by atoms with E-state index in [4.69, 9.17) is 5.73 Å². The van der Waals surface area contributed by atoms with Crippen molar-refractivity contribution in [1.82, 2.24) is 19.6 Å². The quantitative estimate of drug-likeness (QED) is 0.642. The highest BCUT2D eigenvalue weighted by atomic mass is 32.2. The second kappa shape index (κ2) is 5.71. The summed E-state index contributed by atoms with van der Waals surface area (Å²) in [6, 6.07) is -0.774. The van der Waals surface area contributed by atoms with E-state index >= 15 is 0 Å². The lowest BCUT2D eigenvalue weighted by Gasteiger charge is -2.08. The second-order valence-corrected chi connectivity index (χ2v) is 5.36. The van der Waals surface area contributed by atoms with Gasteiger partial charge in [-0.15, -0.1) is 0 Å². The van der Waals surface area contributed by atoms with Crippen LogP contribution in [0.5, 0.6) is 0 Å². The Morgan fingerprint density at radius 2 is 2.22 bits per heavy atom. The molecule has 2 amide bonds. The molecule has 0 aliphatic carbocycles. The number of aryl methyl sites for hydroxylation is 1. The third-order valence-corrected chi connectivity index (χ3v) is 3.67. The molecule has 102 valence electrons. The molecule has 4 N–H and O–H groups in total. The molecule has 1 rings (SSSR count). The SMILES string of the molecule is CCCCNC(=O)NS(=O)(=O)c1c(N)ncn1C. The summed E-state index contributed by atoms with van der Waals surface area (Å²) in [5.41, 5.74) is 5.44. The molecule has 0 unspecified atom stereocenters. The van der Waals surface area contributed by atoms with Crippen LogP contribution in [0.1, 0.15) is 19.8 Å². The molecular formula is C9H17N5O3S. The number of nitrogens with two attached hydrogens (primary N) is 1. The van der Waals surface area contributed by atoms with Gasteiger partial charge < -0.3 is 15.6 Å². The van der Waals surface area contributed by atoms with E-state index in [0.717, 1.165) is 12.8 Å². The number of nitrogens with one attached hydrogen (secondary N) is 2. The van der Waals surface area contributed by atoms with Gasteiger partial charge in [-0.05, 0) is 6.42 Å². The minimum atomic E-state index is -4.00. The van der Waals surface area contributed by atoms with E-state index in [-0.39, 0.29) is 10.8 Å². The number of carbonyl (C=O) groups excluding carboxylic acids is 1. The van der Waals surface area contributed by atoms with Gasteiger partial charge in [0.25, 0.3) is 10.0 Å². The number of rotatable bonds is 5. The number of unbranched alkanes of at least 4 members (excludes halogenated alkanes) is 1. The van der Waals surface area contributed by atoms with Gasteiger partial charge in [-0.2, -0.15) is 8.42 Å². The average molecular weight is 275 g/mol. The highest BCUT2D eigenvalue weighted by molar-refractivity contribution is 7.90. The number of carbonyl (C=O) groups is 1. The highest BCUT2D eigenvalue weighted by Gasteiger charge is 2.24. The monoisotopic (exact) mass is 275 g/mol. The maximum absolute atomic E-state index is 11.9. The van der Waals surface area contributed by atoms with Crippen molar-refractivity contribution in [2.24, 2.45) is 7.05 Å². The summed E-state index contributed by atoms with van der Waals surface area (Å²) < 4.78 is 26.8. The van der Waals surface area contributed by atoms with Crippen LogP contribution in [-0.2, 0) is 17.1 Å². The number of imidazole rings is 1. The maximum atomic E-state index is 11.9. The molecule has 1 aromatic rings. The third kappa shape index (κ3) is 3.36. The number of nitrogen functional groups attached to an aromatic ring is 1. The lowest BCUT2D eigenvalue weighted by Crippen LogP contribution is -2.40. The molecule has 0 aromatic carbocycles. The van der Waals surface area contributed by atoms with Gasteiger partial charge in [-0.25, -0.2) is 14.5 Å². The van der Waals surface area contributed by atoms with Gasteiger partial charge in [0, 0.05) is 13.6 Å². The highest BCUT2D eigenvalue weighted by Crippen LogP contribution is 2.14. The van der Waals surface area contributed by atoms with Crippen molar-refractivity contribution in [3.8, 4) is 0 Å². The van der Waals surface area contributed by atoms with E-state index in [1.807, 2.05) is 11.6 Å². The first kappa shape index (κ1) is 14.3. The molecule has 0 saturated carbocycles. The number of nitrogens with zero attached hydrogens (tertiary/aromatic N) is 2. The molecule has 0 fully saturated rings. The Morgan fingerprint density at radius 3 is 2.72 bits per heavy atom. The summed E-state index contributed by atoms with van der Waals surface area (Å²) in [7, 11) is -2.52. The Kier molecular flexibility index (Phi) is 4.54. The zero-order valence-electron chi connectivity index (χ0n) is 10.3. The van der Waals surface area contributed by atoms with Crippen molar-refractivity contribution in [3.05, 3.63) is 6.33 Å². The van der Waals surface area contributed by atoms with Crippen LogP contribution in [0.2, 0.25) is 0 Å². The van der Waals surface area contributed by atoms with Gasteiger partial charge in [0.1, 0.15) is 0 Å². The summed E-state index contributed by atoms with van der Waals surface area (Å²) in [4.78, 5) is 15.0. The number of aromatic nitrogens is 2. The predicted molar refractivity (Wildman–Crippen MR) is 66.2 cm³/mol. The predicted octanol–water partition coefficient (Wildman–Crippen LogP) is -0.210.